The average Bonchev–Trinajstić information content (AvgIpc) is 1.88. The van der Waals surface area contributed by atoms with E-state index in [0.29, 0.717) is 0 Å². The van der Waals surface area contributed by atoms with Gasteiger partial charge in [0.2, 0.25) is 0 Å². The van der Waals surface area contributed by atoms with Crippen LogP contribution in [-0.4, -0.2) is 0 Å². The van der Waals surface area contributed by atoms with Crippen LogP contribution in [0.15, 0.2) is 30.3 Å². The van der Waals surface area contributed by atoms with Gasteiger partial charge in [-0.25, -0.2) is 0 Å². The molecule has 1 rings (SSSR count). The molecule has 0 radical (unpaired) electrons. The van der Waals surface area contributed by atoms with Gasteiger partial charge in [-0.1, -0.05) is 0 Å². The Kier molecular flexibility index (Phi) is 2.79. The topological polar surface area (TPSA) is 9.23 Å². The first-order valence-electron chi connectivity index (χ1n) is 2.97. The van der Waals surface area contributed by atoms with Gasteiger partial charge in [-0.2, -0.15) is 0 Å². The van der Waals surface area contributed by atoms with Crippen molar-refractivity contribution in [1.82, 2.24) is 0 Å². The molecule has 10 heavy (non-hydrogen) atoms. The molecule has 1 nitrogen and oxygen atoms in total. The van der Waals surface area contributed by atoms with Crippen molar-refractivity contribution >= 4 is 0 Å². The molecule has 0 aliphatic rings. The first-order chi connectivity index (χ1) is 4.79. The van der Waals surface area contributed by atoms with Crippen molar-refractivity contribution in [3.8, 4) is 5.75 Å². The molecule has 0 aliphatic heterocycles. The second-order valence-corrected chi connectivity index (χ2v) is 4.26. The molecule has 0 heterocycles. The molecule has 0 saturated carbocycles. The Bertz CT molecular complexity index is 184. The second kappa shape index (κ2) is 3.65. The molecule has 2 heteroatoms. The third-order valence-electron chi connectivity index (χ3n) is 0.971. The number of hydrogen-bond donors (Lipinski definition) is 0. The van der Waals surface area contributed by atoms with E-state index in [2.05, 4.69) is 11.6 Å². The van der Waals surface area contributed by atoms with Gasteiger partial charge in [0, 0.05) is 0 Å². The third-order valence-corrected chi connectivity index (χ3v) is 1.68. The van der Waals surface area contributed by atoms with Gasteiger partial charge in [-0.05, 0) is 0 Å². The maximum atomic E-state index is 5.50. The summed E-state index contributed by atoms with van der Waals surface area (Å²) in [5.74, 6) is 5.19. The number of hydrogen-bond acceptors (Lipinski definition) is 1. The molecule has 0 N–H and O–H groups in total. The van der Waals surface area contributed by atoms with Gasteiger partial charge in [-0.3, -0.25) is 0 Å². The molecule has 0 spiro atoms. The van der Waals surface area contributed by atoms with Crippen molar-refractivity contribution in [3.05, 3.63) is 30.3 Å². The molecule has 0 amide bonds. The number of para-hydroxylation sites is 1. The number of benzene rings is 1. The average molecular weight is 179 g/mol. The van der Waals surface area contributed by atoms with E-state index in [9.17, 15) is 0 Å². The minimum atomic E-state index is -0.432. The molecule has 1 aromatic rings. The predicted molar refractivity (Wildman–Crippen MR) is 38.8 cm³/mol. The summed E-state index contributed by atoms with van der Waals surface area (Å²) in [6, 6.07) is 9.91. The van der Waals surface area contributed by atoms with Crippen molar-refractivity contribution in [2.45, 2.75) is 11.6 Å². The van der Waals surface area contributed by atoms with Crippen LogP contribution < -0.4 is 3.82 Å². The molecule has 0 bridgehead atoms. The fourth-order valence-corrected chi connectivity index (χ4v) is 1.31. The summed E-state index contributed by atoms with van der Waals surface area (Å²) in [7, 11) is 0. The zero-order valence-electron chi connectivity index (χ0n) is 6.15. The normalized spacial score (nSPS) is 10.8. The first-order valence-corrected chi connectivity index (χ1v) is 5.63. The Morgan fingerprint density at radius 1 is 1.10 bits per heavy atom. The SMILES string of the molecule is [CH3][Fe]([CH3])[O]c1ccccc1. The van der Waals surface area contributed by atoms with Crippen molar-refractivity contribution in [2.24, 2.45) is 0 Å². The van der Waals surface area contributed by atoms with Crippen LogP contribution in [0.3, 0.4) is 0 Å². The van der Waals surface area contributed by atoms with E-state index in [-0.39, 0.29) is 0 Å². The molecule has 0 fully saturated rings. The summed E-state index contributed by atoms with van der Waals surface area (Å²) in [6.07, 6.45) is 0. The summed E-state index contributed by atoms with van der Waals surface area (Å²) >= 11 is -0.432. The summed E-state index contributed by atoms with van der Waals surface area (Å²) in [4.78, 5) is 0. The summed E-state index contributed by atoms with van der Waals surface area (Å²) in [5.41, 5.74) is 0. The Hall–Kier alpha value is -0.461. The fraction of sp³-hybridized carbons (Fsp3) is 0.250. The van der Waals surface area contributed by atoms with Crippen LogP contribution in [0.1, 0.15) is 0 Å². The third kappa shape index (κ3) is 2.42. The van der Waals surface area contributed by atoms with Crippen LogP contribution in [0.25, 0.3) is 0 Å². The summed E-state index contributed by atoms with van der Waals surface area (Å²) in [6.45, 7) is 0. The molecule has 0 unspecified atom stereocenters. The van der Waals surface area contributed by atoms with Gasteiger partial charge in [-0.15, -0.1) is 0 Å². The zero-order valence-corrected chi connectivity index (χ0v) is 7.25. The van der Waals surface area contributed by atoms with E-state index in [0.717, 1.165) is 5.75 Å². The van der Waals surface area contributed by atoms with Gasteiger partial charge < -0.3 is 0 Å². The molecule has 57 valence electrons. The van der Waals surface area contributed by atoms with Gasteiger partial charge in [0.15, 0.2) is 0 Å². The second-order valence-electron chi connectivity index (χ2n) is 2.03. The van der Waals surface area contributed by atoms with E-state index >= 15 is 0 Å². The molecule has 1 aromatic carbocycles. The molecular formula is C8H11FeO. The van der Waals surface area contributed by atoms with Gasteiger partial charge in [0.05, 0.1) is 0 Å². The Labute approximate surface area is 66.2 Å². The summed E-state index contributed by atoms with van der Waals surface area (Å²) in [5, 5.41) is 0. The quantitative estimate of drug-likeness (QED) is 0.634. The van der Waals surface area contributed by atoms with Crippen molar-refractivity contribution in [2.75, 3.05) is 0 Å². The zero-order chi connectivity index (χ0) is 7.40. The van der Waals surface area contributed by atoms with E-state index in [1.807, 2.05) is 30.3 Å². The van der Waals surface area contributed by atoms with E-state index in [1.165, 1.54) is 0 Å². The Balaban J connectivity index is 2.59. The molecule has 0 saturated heterocycles. The van der Waals surface area contributed by atoms with Crippen molar-refractivity contribution in [1.29, 1.82) is 0 Å². The van der Waals surface area contributed by atoms with E-state index in [1.54, 1.807) is 0 Å². The van der Waals surface area contributed by atoms with Crippen LogP contribution in [0.2, 0.25) is 11.6 Å². The van der Waals surface area contributed by atoms with E-state index < -0.39 is 14.2 Å². The maximum absolute atomic E-state index is 5.50. The summed E-state index contributed by atoms with van der Waals surface area (Å²) < 4.78 is 5.50. The predicted octanol–water partition coefficient (Wildman–Crippen LogP) is 2.69. The molecule has 0 aliphatic carbocycles. The van der Waals surface area contributed by atoms with Gasteiger partial charge >= 0.3 is 65.8 Å². The minimum absolute atomic E-state index is 0.432. The molecular weight excluding hydrogens is 168 g/mol. The monoisotopic (exact) mass is 179 g/mol. The van der Waals surface area contributed by atoms with Crippen molar-refractivity contribution < 1.29 is 18.0 Å². The van der Waals surface area contributed by atoms with Crippen LogP contribution >= 0.6 is 0 Å². The van der Waals surface area contributed by atoms with Crippen molar-refractivity contribution in [3.63, 3.8) is 0 Å². The van der Waals surface area contributed by atoms with Crippen LogP contribution in [0.4, 0.5) is 0 Å². The molecule has 0 aromatic heterocycles. The fourth-order valence-electron chi connectivity index (χ4n) is 0.635. The molecule has 0 atom stereocenters. The number of rotatable bonds is 2. The van der Waals surface area contributed by atoms with Crippen LogP contribution in [0.5, 0.6) is 5.75 Å². The Morgan fingerprint density at radius 2 is 1.70 bits per heavy atom. The first kappa shape index (κ1) is 7.64. The Morgan fingerprint density at radius 3 is 2.20 bits per heavy atom. The van der Waals surface area contributed by atoms with Gasteiger partial charge in [0.1, 0.15) is 0 Å². The van der Waals surface area contributed by atoms with Gasteiger partial charge in [0.25, 0.3) is 0 Å². The van der Waals surface area contributed by atoms with Crippen LogP contribution in [-0.2, 0) is 14.2 Å². The standard InChI is InChI=1S/C6H6O.2CH3.Fe/c7-6-4-2-1-3-5-6;;;/h1-5,7H;2*1H3;/q;;;+1/p-1. The van der Waals surface area contributed by atoms with Crippen LogP contribution in [0, 0.1) is 0 Å². The van der Waals surface area contributed by atoms with E-state index in [4.69, 9.17) is 3.82 Å².